The van der Waals surface area contributed by atoms with E-state index >= 15 is 0 Å². The molecule has 0 spiro atoms. The van der Waals surface area contributed by atoms with Crippen LogP contribution < -0.4 is 5.56 Å². The molecule has 0 atom stereocenters. The number of carbonyl (C=O) groups is 1. The average Bonchev–Trinajstić information content (AvgIpc) is 3.02. The van der Waals surface area contributed by atoms with Crippen molar-refractivity contribution in [3.8, 4) is 0 Å². The number of aryl methyl sites for hydroxylation is 2. The first kappa shape index (κ1) is 13.9. The minimum Gasteiger partial charge on any atom is -0.455 e. The van der Waals surface area contributed by atoms with E-state index in [1.54, 1.807) is 18.5 Å². The standard InChI is InChI=1S/C13H11N3O3S2/c1-7-11(21-8(2)14-7)12(18)19-6-9-5-10(17)16-3-4-20-13(16)15-9/h3-5H,6H2,1-2H3. The third-order valence-electron chi connectivity index (χ3n) is 2.80. The van der Waals surface area contributed by atoms with Gasteiger partial charge in [0.2, 0.25) is 0 Å². The Morgan fingerprint density at radius 2 is 2.19 bits per heavy atom. The summed E-state index contributed by atoms with van der Waals surface area (Å²) in [6.45, 7) is 3.57. The van der Waals surface area contributed by atoms with Gasteiger partial charge in [-0.05, 0) is 13.8 Å². The summed E-state index contributed by atoms with van der Waals surface area (Å²) in [6, 6.07) is 1.37. The summed E-state index contributed by atoms with van der Waals surface area (Å²) < 4.78 is 6.67. The van der Waals surface area contributed by atoms with Crippen LogP contribution in [0, 0.1) is 13.8 Å². The van der Waals surface area contributed by atoms with Gasteiger partial charge in [0.25, 0.3) is 5.56 Å². The van der Waals surface area contributed by atoms with E-state index in [-0.39, 0.29) is 12.2 Å². The van der Waals surface area contributed by atoms with E-state index in [0.717, 1.165) is 5.01 Å². The fourth-order valence-corrected chi connectivity index (χ4v) is 3.44. The molecule has 0 bridgehead atoms. The zero-order chi connectivity index (χ0) is 15.0. The highest BCUT2D eigenvalue weighted by molar-refractivity contribution is 7.15. The van der Waals surface area contributed by atoms with Crippen LogP contribution in [0.4, 0.5) is 0 Å². The average molecular weight is 321 g/mol. The van der Waals surface area contributed by atoms with Gasteiger partial charge in [-0.25, -0.2) is 14.8 Å². The second kappa shape index (κ2) is 5.38. The van der Waals surface area contributed by atoms with Gasteiger partial charge in [0.1, 0.15) is 11.5 Å². The Bertz CT molecular complexity index is 878. The summed E-state index contributed by atoms with van der Waals surface area (Å²) >= 11 is 2.65. The van der Waals surface area contributed by atoms with Crippen LogP contribution in [0.15, 0.2) is 22.4 Å². The first-order chi connectivity index (χ1) is 10.0. The molecule has 0 fully saturated rings. The van der Waals surface area contributed by atoms with E-state index in [2.05, 4.69) is 9.97 Å². The molecule has 0 N–H and O–H groups in total. The van der Waals surface area contributed by atoms with Gasteiger partial charge in [0.15, 0.2) is 4.96 Å². The molecule has 3 aromatic heterocycles. The molecular formula is C13H11N3O3S2. The van der Waals surface area contributed by atoms with E-state index in [9.17, 15) is 9.59 Å². The maximum absolute atomic E-state index is 12.0. The molecule has 3 aromatic rings. The number of ether oxygens (including phenoxy) is 1. The fraction of sp³-hybridized carbons (Fsp3) is 0.231. The summed E-state index contributed by atoms with van der Waals surface area (Å²) in [6.07, 6.45) is 1.66. The predicted octanol–water partition coefficient (Wildman–Crippen LogP) is 2.19. The number of carbonyl (C=O) groups excluding carboxylic acids is 1. The molecule has 0 aliphatic carbocycles. The lowest BCUT2D eigenvalue weighted by Crippen LogP contribution is -2.14. The third kappa shape index (κ3) is 2.72. The minimum atomic E-state index is -0.439. The molecule has 8 heteroatoms. The van der Waals surface area contributed by atoms with Crippen LogP contribution in [-0.4, -0.2) is 20.3 Å². The molecule has 0 saturated heterocycles. The van der Waals surface area contributed by atoms with Gasteiger partial charge >= 0.3 is 5.97 Å². The number of hydrogen-bond donors (Lipinski definition) is 0. The molecule has 0 unspecified atom stereocenters. The summed E-state index contributed by atoms with van der Waals surface area (Å²) in [5.41, 5.74) is 0.913. The van der Waals surface area contributed by atoms with Crippen LogP contribution >= 0.6 is 22.7 Å². The topological polar surface area (TPSA) is 73.6 Å². The Labute approximate surface area is 127 Å². The number of esters is 1. The number of fused-ring (bicyclic) bond motifs is 1. The smallest absolute Gasteiger partial charge is 0.350 e. The van der Waals surface area contributed by atoms with E-state index in [1.807, 2.05) is 6.92 Å². The quantitative estimate of drug-likeness (QED) is 0.691. The number of aromatic nitrogens is 3. The Hall–Kier alpha value is -2.06. The van der Waals surface area contributed by atoms with Crippen molar-refractivity contribution >= 4 is 33.6 Å². The normalized spacial score (nSPS) is 11.0. The van der Waals surface area contributed by atoms with E-state index in [1.165, 1.54) is 33.1 Å². The van der Waals surface area contributed by atoms with E-state index in [4.69, 9.17) is 4.74 Å². The van der Waals surface area contributed by atoms with Crippen molar-refractivity contribution in [1.82, 2.24) is 14.4 Å². The van der Waals surface area contributed by atoms with Gasteiger partial charge in [0.05, 0.1) is 16.4 Å². The van der Waals surface area contributed by atoms with Gasteiger partial charge in [-0.3, -0.25) is 9.20 Å². The van der Waals surface area contributed by atoms with Crippen LogP contribution in [0.3, 0.4) is 0 Å². The van der Waals surface area contributed by atoms with Gasteiger partial charge < -0.3 is 4.74 Å². The van der Waals surface area contributed by atoms with Crippen molar-refractivity contribution in [2.75, 3.05) is 0 Å². The van der Waals surface area contributed by atoms with Crippen LogP contribution in [0.2, 0.25) is 0 Å². The maximum Gasteiger partial charge on any atom is 0.350 e. The molecule has 0 radical (unpaired) electrons. The summed E-state index contributed by atoms with van der Waals surface area (Å²) in [7, 11) is 0. The SMILES string of the molecule is Cc1nc(C)c(C(=O)OCc2cc(=O)n3ccsc3n2)s1. The molecule has 3 heterocycles. The van der Waals surface area contributed by atoms with E-state index in [0.29, 0.717) is 21.2 Å². The fourth-order valence-electron chi connectivity index (χ4n) is 1.89. The second-order valence-electron chi connectivity index (χ2n) is 4.36. The summed E-state index contributed by atoms with van der Waals surface area (Å²) in [5, 5.41) is 2.60. The van der Waals surface area contributed by atoms with Gasteiger partial charge in [0, 0.05) is 17.6 Å². The summed E-state index contributed by atoms with van der Waals surface area (Å²) in [5.74, 6) is -0.439. The molecule has 108 valence electrons. The lowest BCUT2D eigenvalue weighted by Gasteiger charge is -2.03. The Morgan fingerprint density at radius 3 is 2.90 bits per heavy atom. The van der Waals surface area contributed by atoms with Crippen molar-refractivity contribution in [3.05, 3.63) is 49.3 Å². The van der Waals surface area contributed by atoms with Crippen LogP contribution in [0.1, 0.15) is 26.1 Å². The van der Waals surface area contributed by atoms with Gasteiger partial charge in [-0.15, -0.1) is 22.7 Å². The molecule has 0 aliphatic heterocycles. The lowest BCUT2D eigenvalue weighted by molar-refractivity contribution is 0.0472. The Balaban J connectivity index is 1.78. The first-order valence-corrected chi connectivity index (χ1v) is 7.81. The first-order valence-electron chi connectivity index (χ1n) is 6.11. The number of rotatable bonds is 3. The Morgan fingerprint density at radius 1 is 1.38 bits per heavy atom. The molecule has 21 heavy (non-hydrogen) atoms. The number of hydrogen-bond acceptors (Lipinski definition) is 7. The van der Waals surface area contributed by atoms with Crippen LogP contribution in [0.25, 0.3) is 4.96 Å². The van der Waals surface area contributed by atoms with Crippen molar-refractivity contribution in [1.29, 1.82) is 0 Å². The summed E-state index contributed by atoms with van der Waals surface area (Å²) in [4.78, 5) is 33.3. The van der Waals surface area contributed by atoms with E-state index < -0.39 is 5.97 Å². The molecule has 6 nitrogen and oxygen atoms in total. The van der Waals surface area contributed by atoms with Crippen molar-refractivity contribution in [3.63, 3.8) is 0 Å². The second-order valence-corrected chi connectivity index (χ2v) is 6.44. The lowest BCUT2D eigenvalue weighted by atomic mass is 10.4. The van der Waals surface area contributed by atoms with Crippen molar-refractivity contribution < 1.29 is 9.53 Å². The van der Waals surface area contributed by atoms with Crippen LogP contribution in [-0.2, 0) is 11.3 Å². The highest BCUT2D eigenvalue weighted by Gasteiger charge is 2.16. The third-order valence-corrected chi connectivity index (χ3v) is 4.61. The zero-order valence-corrected chi connectivity index (χ0v) is 13.0. The predicted molar refractivity (Wildman–Crippen MR) is 80.0 cm³/mol. The largest absolute Gasteiger partial charge is 0.455 e. The highest BCUT2D eigenvalue weighted by Crippen LogP contribution is 2.18. The zero-order valence-electron chi connectivity index (χ0n) is 11.3. The molecule has 0 aromatic carbocycles. The molecule has 0 saturated carbocycles. The van der Waals surface area contributed by atoms with Crippen molar-refractivity contribution in [2.45, 2.75) is 20.5 Å². The molecule has 3 rings (SSSR count). The molecular weight excluding hydrogens is 310 g/mol. The molecule has 0 amide bonds. The molecule has 0 aliphatic rings. The highest BCUT2D eigenvalue weighted by atomic mass is 32.1. The number of nitrogens with zero attached hydrogens (tertiary/aromatic N) is 3. The monoisotopic (exact) mass is 321 g/mol. The number of thiazole rings is 2. The van der Waals surface area contributed by atoms with Crippen LogP contribution in [0.5, 0.6) is 0 Å². The maximum atomic E-state index is 12.0. The Kier molecular flexibility index (Phi) is 3.56. The van der Waals surface area contributed by atoms with Crippen molar-refractivity contribution in [2.24, 2.45) is 0 Å². The van der Waals surface area contributed by atoms with Gasteiger partial charge in [-0.2, -0.15) is 0 Å². The minimum absolute atomic E-state index is 0.0289. The van der Waals surface area contributed by atoms with Gasteiger partial charge in [-0.1, -0.05) is 0 Å².